The number of aromatic nitrogens is 3. The summed E-state index contributed by atoms with van der Waals surface area (Å²) in [7, 11) is 0. The molecular weight excluding hydrogens is 459 g/mol. The summed E-state index contributed by atoms with van der Waals surface area (Å²) in [5, 5.41) is 11.7. The normalized spacial score (nSPS) is 13.7. The fourth-order valence-corrected chi connectivity index (χ4v) is 4.48. The number of thioether (sulfide) groups is 1. The van der Waals surface area contributed by atoms with Crippen LogP contribution in [0.15, 0.2) is 64.9 Å². The highest BCUT2D eigenvalue weighted by molar-refractivity contribution is 7.99. The fourth-order valence-electron chi connectivity index (χ4n) is 3.61. The molecule has 0 aliphatic carbocycles. The van der Waals surface area contributed by atoms with Gasteiger partial charge in [0.2, 0.25) is 5.91 Å². The maximum Gasteiger partial charge on any atom is 0.287 e. The topological polar surface area (TPSA) is 96.5 Å². The maximum atomic E-state index is 13.1. The summed E-state index contributed by atoms with van der Waals surface area (Å²) in [4.78, 5) is 28.9. The molecule has 2 amide bonds. The molecule has 1 N–H and O–H groups in total. The number of hydrogen-bond acceptors (Lipinski definition) is 7. The van der Waals surface area contributed by atoms with Crippen LogP contribution < -0.4 is 10.2 Å². The molecular formula is C23H25FN6O3S. The second-order valence-electron chi connectivity index (χ2n) is 7.59. The molecule has 2 aromatic heterocycles. The van der Waals surface area contributed by atoms with Crippen LogP contribution in [0.2, 0.25) is 0 Å². The third-order valence-electron chi connectivity index (χ3n) is 5.41. The summed E-state index contributed by atoms with van der Waals surface area (Å²) < 4.78 is 20.1. The summed E-state index contributed by atoms with van der Waals surface area (Å²) in [6.07, 6.45) is 3.14. The van der Waals surface area contributed by atoms with Gasteiger partial charge in [0.05, 0.1) is 18.6 Å². The summed E-state index contributed by atoms with van der Waals surface area (Å²) in [5.41, 5.74) is 0.951. The van der Waals surface area contributed by atoms with E-state index in [9.17, 15) is 14.0 Å². The van der Waals surface area contributed by atoms with Crippen LogP contribution in [0.5, 0.6) is 0 Å². The Morgan fingerprint density at radius 2 is 1.91 bits per heavy atom. The van der Waals surface area contributed by atoms with Gasteiger partial charge in [-0.3, -0.25) is 9.59 Å². The van der Waals surface area contributed by atoms with Gasteiger partial charge in [0.15, 0.2) is 16.7 Å². The minimum absolute atomic E-state index is 0.0181. The van der Waals surface area contributed by atoms with Crippen LogP contribution in [0.1, 0.15) is 16.4 Å². The minimum atomic E-state index is -0.345. The molecule has 1 aliphatic heterocycles. The zero-order valence-electron chi connectivity index (χ0n) is 18.5. The predicted molar refractivity (Wildman–Crippen MR) is 126 cm³/mol. The van der Waals surface area contributed by atoms with Crippen molar-refractivity contribution < 1.29 is 18.4 Å². The number of furan rings is 1. The van der Waals surface area contributed by atoms with Crippen molar-refractivity contribution in [2.45, 2.75) is 18.2 Å². The minimum Gasteiger partial charge on any atom is -0.459 e. The Hall–Kier alpha value is -3.60. The van der Waals surface area contributed by atoms with Crippen molar-refractivity contribution in [1.29, 1.82) is 0 Å². The van der Waals surface area contributed by atoms with E-state index in [0.29, 0.717) is 43.7 Å². The van der Waals surface area contributed by atoms with Gasteiger partial charge in [-0.15, -0.1) is 16.8 Å². The lowest BCUT2D eigenvalue weighted by atomic mass is 10.2. The van der Waals surface area contributed by atoms with Crippen LogP contribution in [-0.2, 0) is 17.9 Å². The van der Waals surface area contributed by atoms with Gasteiger partial charge >= 0.3 is 0 Å². The number of benzene rings is 1. The number of carbonyl (C=O) groups is 2. The van der Waals surface area contributed by atoms with Crippen LogP contribution in [0.3, 0.4) is 0 Å². The highest BCUT2D eigenvalue weighted by Gasteiger charge is 2.22. The van der Waals surface area contributed by atoms with Crippen molar-refractivity contribution in [3.8, 4) is 0 Å². The summed E-state index contributed by atoms with van der Waals surface area (Å²) in [6.45, 7) is 6.96. The first-order chi connectivity index (χ1) is 16.5. The SMILES string of the molecule is C=CCn1c(CNC(=O)c2ccco2)nnc1SCC(=O)N1CCN(c2ccc(F)cc2)CC1. The van der Waals surface area contributed by atoms with E-state index >= 15 is 0 Å². The first-order valence-electron chi connectivity index (χ1n) is 10.8. The third kappa shape index (κ3) is 5.66. The molecule has 9 nitrogen and oxygen atoms in total. The van der Waals surface area contributed by atoms with Gasteiger partial charge in [0.25, 0.3) is 5.91 Å². The Morgan fingerprint density at radius 1 is 1.15 bits per heavy atom. The van der Waals surface area contributed by atoms with Crippen LogP contribution in [0.25, 0.3) is 0 Å². The van der Waals surface area contributed by atoms with Crippen LogP contribution >= 0.6 is 11.8 Å². The Kier molecular flexibility index (Phi) is 7.63. The van der Waals surface area contributed by atoms with E-state index in [1.807, 2.05) is 9.47 Å². The first kappa shape index (κ1) is 23.6. The molecule has 3 aromatic rings. The average Bonchev–Trinajstić information content (AvgIpc) is 3.53. The number of allylic oxidation sites excluding steroid dienone is 1. The van der Waals surface area contributed by atoms with E-state index in [4.69, 9.17) is 4.42 Å². The number of halogens is 1. The number of nitrogens with zero attached hydrogens (tertiary/aromatic N) is 5. The monoisotopic (exact) mass is 484 g/mol. The van der Waals surface area contributed by atoms with Crippen molar-refractivity contribution in [1.82, 2.24) is 25.0 Å². The molecule has 1 fully saturated rings. The van der Waals surface area contributed by atoms with Crippen molar-refractivity contribution in [3.05, 3.63) is 72.7 Å². The van der Waals surface area contributed by atoms with Crippen molar-refractivity contribution in [2.24, 2.45) is 0 Å². The number of hydrogen-bond donors (Lipinski definition) is 1. The molecule has 178 valence electrons. The van der Waals surface area contributed by atoms with Gasteiger partial charge in [0, 0.05) is 38.4 Å². The molecule has 0 spiro atoms. The van der Waals surface area contributed by atoms with Gasteiger partial charge in [-0.2, -0.15) is 0 Å². The Morgan fingerprint density at radius 3 is 2.59 bits per heavy atom. The lowest BCUT2D eigenvalue weighted by Crippen LogP contribution is -2.49. The molecule has 34 heavy (non-hydrogen) atoms. The van der Waals surface area contributed by atoms with Crippen LogP contribution in [0.4, 0.5) is 10.1 Å². The highest BCUT2D eigenvalue weighted by atomic mass is 32.2. The molecule has 1 saturated heterocycles. The molecule has 0 saturated carbocycles. The van der Waals surface area contributed by atoms with E-state index in [2.05, 4.69) is 27.0 Å². The van der Waals surface area contributed by atoms with Crippen molar-refractivity contribution in [2.75, 3.05) is 36.8 Å². The number of rotatable bonds is 9. The summed E-state index contributed by atoms with van der Waals surface area (Å²) >= 11 is 1.30. The fraction of sp³-hybridized carbons (Fsp3) is 0.304. The predicted octanol–water partition coefficient (Wildman–Crippen LogP) is 2.57. The van der Waals surface area contributed by atoms with E-state index in [0.717, 1.165) is 5.69 Å². The number of piperazine rings is 1. The lowest BCUT2D eigenvalue weighted by Gasteiger charge is -2.36. The molecule has 0 unspecified atom stereocenters. The Balaban J connectivity index is 1.29. The van der Waals surface area contributed by atoms with Crippen molar-refractivity contribution in [3.63, 3.8) is 0 Å². The first-order valence-corrected chi connectivity index (χ1v) is 11.8. The van der Waals surface area contributed by atoms with Crippen LogP contribution in [0, 0.1) is 5.82 Å². The van der Waals surface area contributed by atoms with Crippen molar-refractivity contribution >= 4 is 29.3 Å². The zero-order valence-corrected chi connectivity index (χ0v) is 19.3. The average molecular weight is 485 g/mol. The summed E-state index contributed by atoms with van der Waals surface area (Å²) in [6, 6.07) is 9.62. The van der Waals surface area contributed by atoms with E-state index in [1.54, 1.807) is 30.3 Å². The number of nitrogens with one attached hydrogen (secondary N) is 1. The van der Waals surface area contributed by atoms with Gasteiger partial charge in [-0.1, -0.05) is 17.8 Å². The molecule has 1 aliphatic rings. The van der Waals surface area contributed by atoms with E-state index in [-0.39, 0.29) is 35.7 Å². The molecule has 0 atom stereocenters. The smallest absolute Gasteiger partial charge is 0.287 e. The second-order valence-corrected chi connectivity index (χ2v) is 8.53. The molecule has 0 bridgehead atoms. The number of amides is 2. The second kappa shape index (κ2) is 11.0. The largest absolute Gasteiger partial charge is 0.459 e. The molecule has 4 rings (SSSR count). The number of carbonyl (C=O) groups excluding carboxylic acids is 2. The standard InChI is InChI=1S/C23H25FN6O3S/c1-2-9-30-20(15-25-22(32)19-4-3-14-33-19)26-27-23(30)34-16-21(31)29-12-10-28(11-13-29)18-7-5-17(24)6-8-18/h2-8,14H,1,9-13,15-16H2,(H,25,32). The third-order valence-corrected chi connectivity index (χ3v) is 6.36. The molecule has 3 heterocycles. The van der Waals surface area contributed by atoms with Gasteiger partial charge in [0.1, 0.15) is 5.82 Å². The lowest BCUT2D eigenvalue weighted by molar-refractivity contribution is -0.128. The van der Waals surface area contributed by atoms with Gasteiger partial charge < -0.3 is 24.1 Å². The molecule has 1 aromatic carbocycles. The van der Waals surface area contributed by atoms with Gasteiger partial charge in [-0.25, -0.2) is 4.39 Å². The molecule has 11 heteroatoms. The van der Waals surface area contributed by atoms with E-state index in [1.165, 1.54) is 30.2 Å². The number of anilines is 1. The maximum absolute atomic E-state index is 13.1. The van der Waals surface area contributed by atoms with E-state index < -0.39 is 0 Å². The summed E-state index contributed by atoms with van der Waals surface area (Å²) in [5.74, 6) is 0.413. The van der Waals surface area contributed by atoms with Gasteiger partial charge in [-0.05, 0) is 36.4 Å². The zero-order chi connectivity index (χ0) is 23.9. The highest BCUT2D eigenvalue weighted by Crippen LogP contribution is 2.20. The Labute approximate surface area is 200 Å². The van der Waals surface area contributed by atoms with Crippen LogP contribution in [-0.4, -0.2) is 63.4 Å². The Bertz CT molecular complexity index is 1120. The molecule has 0 radical (unpaired) electrons. The quantitative estimate of drug-likeness (QED) is 0.368.